The lowest BCUT2D eigenvalue weighted by Crippen LogP contribution is -2.12. The van der Waals surface area contributed by atoms with Gasteiger partial charge in [0.05, 0.1) is 22.7 Å². The number of benzene rings is 1. The van der Waals surface area contributed by atoms with Crippen LogP contribution in [0, 0.1) is 0 Å². The van der Waals surface area contributed by atoms with Crippen molar-refractivity contribution in [1.82, 2.24) is 19.7 Å². The lowest BCUT2D eigenvalue weighted by atomic mass is 10.2. The maximum Gasteiger partial charge on any atom is 0.265 e. The van der Waals surface area contributed by atoms with Crippen LogP contribution in [0.3, 0.4) is 0 Å². The summed E-state index contributed by atoms with van der Waals surface area (Å²) in [6, 6.07) is 15.5. The molecule has 4 N–H and O–H groups in total. The normalized spacial score (nSPS) is 10.9. The number of aromatic nitrogens is 4. The molecule has 0 aliphatic carbocycles. The van der Waals surface area contributed by atoms with Gasteiger partial charge in [-0.1, -0.05) is 36.4 Å². The molecule has 10 heteroatoms. The molecule has 0 radical (unpaired) electrons. The highest BCUT2D eigenvalue weighted by Crippen LogP contribution is 2.29. The van der Waals surface area contributed by atoms with Crippen LogP contribution < -0.4 is 11.1 Å². The maximum atomic E-state index is 13.2. The Morgan fingerprint density at radius 3 is 2.70 bits per heavy atom. The number of primary amides is 1. The van der Waals surface area contributed by atoms with Crippen molar-refractivity contribution in [3.05, 3.63) is 88.5 Å². The molecule has 0 spiro atoms. The number of hydrogen-bond donors (Lipinski definition) is 3. The summed E-state index contributed by atoms with van der Waals surface area (Å²) >= 11 is 2.83. The van der Waals surface area contributed by atoms with E-state index in [0.717, 1.165) is 16.0 Å². The molecule has 1 aromatic carbocycles. The van der Waals surface area contributed by atoms with E-state index in [-0.39, 0.29) is 5.91 Å². The van der Waals surface area contributed by atoms with Gasteiger partial charge >= 0.3 is 0 Å². The van der Waals surface area contributed by atoms with Crippen LogP contribution in [0.5, 0.6) is 0 Å². The van der Waals surface area contributed by atoms with E-state index in [4.69, 9.17) is 5.73 Å². The Hall–Kier alpha value is -4.02. The van der Waals surface area contributed by atoms with Crippen molar-refractivity contribution in [1.29, 1.82) is 0 Å². The molecular weight excluding hydrogens is 456 g/mol. The van der Waals surface area contributed by atoms with Gasteiger partial charge in [0.1, 0.15) is 11.4 Å². The summed E-state index contributed by atoms with van der Waals surface area (Å²) in [7, 11) is 0. The predicted molar refractivity (Wildman–Crippen MR) is 129 cm³/mol. The van der Waals surface area contributed by atoms with E-state index in [0.29, 0.717) is 34.3 Å². The van der Waals surface area contributed by atoms with E-state index >= 15 is 0 Å². The molecule has 8 nitrogen and oxygen atoms in total. The number of H-pyrrole nitrogens is 1. The van der Waals surface area contributed by atoms with Crippen molar-refractivity contribution in [3.63, 3.8) is 0 Å². The summed E-state index contributed by atoms with van der Waals surface area (Å²) in [4.78, 5) is 32.7. The number of amides is 2. The molecule has 33 heavy (non-hydrogen) atoms. The first-order chi connectivity index (χ1) is 16.1. The molecule has 2 amide bonds. The second-order valence-electron chi connectivity index (χ2n) is 7.21. The van der Waals surface area contributed by atoms with Crippen LogP contribution in [-0.4, -0.2) is 31.6 Å². The Kier molecular flexibility index (Phi) is 5.59. The van der Waals surface area contributed by atoms with Crippen LogP contribution in [0.1, 0.15) is 26.4 Å². The van der Waals surface area contributed by atoms with Crippen molar-refractivity contribution >= 4 is 39.6 Å². The van der Waals surface area contributed by atoms with Crippen molar-refractivity contribution < 1.29 is 9.59 Å². The van der Waals surface area contributed by atoms with Crippen LogP contribution in [0.15, 0.2) is 71.7 Å². The third-order valence-corrected chi connectivity index (χ3v) is 6.55. The number of nitrogens with zero attached hydrogens (tertiary/aromatic N) is 3. The smallest absolute Gasteiger partial charge is 0.265 e. The van der Waals surface area contributed by atoms with Crippen molar-refractivity contribution in [2.75, 3.05) is 5.32 Å². The van der Waals surface area contributed by atoms with E-state index in [1.807, 2.05) is 53.2 Å². The topological polar surface area (TPSA) is 119 Å². The molecule has 5 rings (SSSR count). The van der Waals surface area contributed by atoms with Crippen LogP contribution in [0.2, 0.25) is 0 Å². The number of hydrogen-bond acceptors (Lipinski definition) is 6. The molecule has 4 heterocycles. The van der Waals surface area contributed by atoms with Crippen LogP contribution in [0.25, 0.3) is 21.8 Å². The molecule has 0 bridgehead atoms. The van der Waals surface area contributed by atoms with Gasteiger partial charge in [0.25, 0.3) is 11.8 Å². The number of anilines is 1. The third-order valence-electron chi connectivity index (χ3n) is 4.92. The van der Waals surface area contributed by atoms with Gasteiger partial charge in [0, 0.05) is 23.3 Å². The zero-order valence-corrected chi connectivity index (χ0v) is 18.8. The van der Waals surface area contributed by atoms with Crippen molar-refractivity contribution in [2.24, 2.45) is 5.73 Å². The van der Waals surface area contributed by atoms with Crippen LogP contribution in [-0.2, 0) is 6.54 Å². The molecule has 164 valence electrons. The summed E-state index contributed by atoms with van der Waals surface area (Å²) in [6.45, 7) is 0.559. The lowest BCUT2D eigenvalue weighted by molar-refractivity contribution is 0.0994. The molecule has 5 aromatic rings. The van der Waals surface area contributed by atoms with E-state index in [1.54, 1.807) is 23.1 Å². The molecule has 0 unspecified atom stereocenters. The number of thiazole rings is 1. The van der Waals surface area contributed by atoms with Gasteiger partial charge < -0.3 is 10.7 Å². The van der Waals surface area contributed by atoms with Crippen LogP contribution >= 0.6 is 22.7 Å². The third kappa shape index (κ3) is 4.47. The van der Waals surface area contributed by atoms with E-state index < -0.39 is 5.91 Å². The molecule has 4 aromatic heterocycles. The summed E-state index contributed by atoms with van der Waals surface area (Å²) < 4.78 is 1.78. The fourth-order valence-corrected chi connectivity index (χ4v) is 4.78. The zero-order valence-electron chi connectivity index (χ0n) is 17.2. The van der Waals surface area contributed by atoms with E-state index in [1.165, 1.54) is 22.7 Å². The number of carbonyl (C=O) groups is 2. The summed E-state index contributed by atoms with van der Waals surface area (Å²) in [5, 5.41) is 11.8. The van der Waals surface area contributed by atoms with Crippen LogP contribution in [0.4, 0.5) is 5.13 Å². The summed E-state index contributed by atoms with van der Waals surface area (Å²) in [5.41, 5.74) is 9.15. The number of thiophene rings is 1. The first-order valence-corrected chi connectivity index (χ1v) is 11.7. The highest BCUT2D eigenvalue weighted by Gasteiger charge is 2.20. The lowest BCUT2D eigenvalue weighted by Gasteiger charge is -2.01. The largest absolute Gasteiger partial charge is 0.364 e. The SMILES string of the molecule is NC(=O)c1cc(-c2csc(NC(=O)c3cn(Cc4ccccc4)nc3-c3cccs3)n2)c[nH]1. The fraction of sp³-hybridized carbons (Fsp3) is 0.0435. The Morgan fingerprint density at radius 1 is 1.12 bits per heavy atom. The monoisotopic (exact) mass is 474 g/mol. The average molecular weight is 475 g/mol. The molecule has 0 fully saturated rings. The molecule has 0 saturated carbocycles. The van der Waals surface area contributed by atoms with Gasteiger partial charge in [-0.2, -0.15) is 5.10 Å². The fourth-order valence-electron chi connectivity index (χ4n) is 3.35. The van der Waals surface area contributed by atoms with Gasteiger partial charge in [0.15, 0.2) is 5.13 Å². The highest BCUT2D eigenvalue weighted by atomic mass is 32.1. The summed E-state index contributed by atoms with van der Waals surface area (Å²) in [5.74, 6) is -0.830. The number of nitrogens with two attached hydrogens (primary N) is 1. The Morgan fingerprint density at radius 2 is 1.97 bits per heavy atom. The van der Waals surface area contributed by atoms with E-state index in [2.05, 4.69) is 20.4 Å². The Bertz CT molecular complexity index is 1420. The zero-order chi connectivity index (χ0) is 22.8. The number of carbonyl (C=O) groups excluding carboxylic acids is 2. The minimum absolute atomic E-state index is 0.287. The molecule has 0 aliphatic heterocycles. The standard InChI is InChI=1S/C23H18N6O2S2/c24-21(30)17-9-15(10-25-17)18-13-33-23(26-18)27-22(31)16-12-29(11-14-5-2-1-3-6-14)28-20(16)19-7-4-8-32-19/h1-10,12-13,25H,11H2,(H2,24,30)(H,26,27,31). The van der Waals surface area contributed by atoms with Gasteiger partial charge in [-0.25, -0.2) is 4.98 Å². The molecular formula is C23H18N6O2S2. The molecule has 0 saturated heterocycles. The summed E-state index contributed by atoms with van der Waals surface area (Å²) in [6.07, 6.45) is 3.42. The molecule has 0 aliphatic rings. The van der Waals surface area contributed by atoms with Crippen molar-refractivity contribution in [2.45, 2.75) is 6.54 Å². The Labute approximate surface area is 196 Å². The van der Waals surface area contributed by atoms with Gasteiger partial charge in [-0.05, 0) is 23.1 Å². The molecule has 0 atom stereocenters. The number of aromatic amines is 1. The predicted octanol–water partition coefficient (Wildman–Crippen LogP) is 4.46. The Balaban J connectivity index is 1.40. The van der Waals surface area contributed by atoms with E-state index in [9.17, 15) is 9.59 Å². The highest BCUT2D eigenvalue weighted by molar-refractivity contribution is 7.14. The maximum absolute atomic E-state index is 13.2. The quantitative estimate of drug-likeness (QED) is 0.323. The number of rotatable bonds is 7. The first-order valence-electron chi connectivity index (χ1n) is 9.97. The van der Waals surface area contributed by atoms with Gasteiger partial charge in [0.2, 0.25) is 0 Å². The van der Waals surface area contributed by atoms with Gasteiger partial charge in [-0.3, -0.25) is 19.6 Å². The first kappa shape index (κ1) is 20.9. The van der Waals surface area contributed by atoms with Gasteiger partial charge in [-0.15, -0.1) is 22.7 Å². The number of nitrogens with one attached hydrogen (secondary N) is 2. The second kappa shape index (κ2) is 8.85. The van der Waals surface area contributed by atoms with Crippen molar-refractivity contribution in [3.8, 4) is 21.8 Å². The second-order valence-corrected chi connectivity index (χ2v) is 9.02. The minimum Gasteiger partial charge on any atom is -0.364 e. The average Bonchev–Trinajstić information content (AvgIpc) is 3.60. The minimum atomic E-state index is -0.543.